The third kappa shape index (κ3) is 4.19. The van der Waals surface area contributed by atoms with E-state index in [1.807, 2.05) is 0 Å². The molecule has 1 aromatic carbocycles. The molecule has 0 radical (unpaired) electrons. The highest BCUT2D eigenvalue weighted by Gasteiger charge is 2.29. The second-order valence-electron chi connectivity index (χ2n) is 8.68. The van der Waals surface area contributed by atoms with E-state index in [-0.39, 0.29) is 5.56 Å². The smallest absolute Gasteiger partial charge is 0.259 e. The van der Waals surface area contributed by atoms with E-state index >= 15 is 0 Å². The van der Waals surface area contributed by atoms with Crippen LogP contribution in [0.25, 0.3) is 10.2 Å². The normalized spacial score (nSPS) is 20.5. The van der Waals surface area contributed by atoms with Crippen LogP contribution in [0, 0.1) is 5.92 Å². The van der Waals surface area contributed by atoms with Gasteiger partial charge in [0, 0.05) is 35.5 Å². The minimum Gasteiger partial charge on any atom is -0.309 e. The third-order valence-corrected chi connectivity index (χ3v) is 9.96. The van der Waals surface area contributed by atoms with Gasteiger partial charge in [-0.25, -0.2) is 13.4 Å². The lowest BCUT2D eigenvalue weighted by molar-refractivity contribution is 0.178. The average molecular weight is 538 g/mol. The molecule has 5 rings (SSSR count). The Balaban J connectivity index is 1.29. The van der Waals surface area contributed by atoms with Crippen LogP contribution in [0.5, 0.6) is 0 Å². The maximum atomic E-state index is 12.9. The third-order valence-electron chi connectivity index (χ3n) is 6.37. The van der Waals surface area contributed by atoms with Crippen molar-refractivity contribution < 1.29 is 8.42 Å². The topological polar surface area (TPSA) is 86.4 Å². The number of piperazine rings is 1. The summed E-state index contributed by atoms with van der Waals surface area (Å²) in [6.45, 7) is 4.78. The van der Waals surface area contributed by atoms with Crippen LogP contribution < -0.4 is 5.56 Å². The number of rotatable bonds is 4. The highest BCUT2D eigenvalue weighted by atomic mass is 79.9. The van der Waals surface area contributed by atoms with Crippen LogP contribution in [0.15, 0.2) is 38.4 Å². The molecule has 0 bridgehead atoms. The van der Waals surface area contributed by atoms with Gasteiger partial charge in [0.2, 0.25) is 10.0 Å². The van der Waals surface area contributed by atoms with Crippen molar-refractivity contribution in [2.45, 2.75) is 37.6 Å². The number of aryl methyl sites for hydroxylation is 1. The number of benzene rings is 1. The highest BCUT2D eigenvalue weighted by molar-refractivity contribution is 9.10. The number of fused-ring (bicyclic) bond motifs is 3. The number of thiophene rings is 1. The summed E-state index contributed by atoms with van der Waals surface area (Å²) in [4.78, 5) is 25.2. The number of nitrogens with one attached hydrogen (secondary N) is 1. The molecule has 1 atom stereocenters. The summed E-state index contributed by atoms with van der Waals surface area (Å²) in [6.07, 6.45) is 3.10. The number of hydrogen-bond donors (Lipinski definition) is 1. The summed E-state index contributed by atoms with van der Waals surface area (Å²) in [5.74, 6) is 1.30. The van der Waals surface area contributed by atoms with Crippen molar-refractivity contribution in [1.29, 1.82) is 0 Å². The van der Waals surface area contributed by atoms with Crippen LogP contribution in [0.1, 0.15) is 29.6 Å². The number of sulfonamides is 1. The molecule has 2 aromatic heterocycles. The lowest BCUT2D eigenvalue weighted by Crippen LogP contribution is -2.48. The van der Waals surface area contributed by atoms with Gasteiger partial charge in [-0.3, -0.25) is 9.69 Å². The summed E-state index contributed by atoms with van der Waals surface area (Å²) in [7, 11) is -3.50. The van der Waals surface area contributed by atoms with Crippen molar-refractivity contribution in [1.82, 2.24) is 19.2 Å². The molecule has 3 aromatic rings. The summed E-state index contributed by atoms with van der Waals surface area (Å²) in [5, 5.41) is 0.770. The Labute approximate surface area is 199 Å². The second-order valence-corrected chi connectivity index (χ2v) is 12.6. The molecule has 3 heterocycles. The quantitative estimate of drug-likeness (QED) is 0.552. The van der Waals surface area contributed by atoms with Gasteiger partial charge >= 0.3 is 0 Å². The molecule has 1 unspecified atom stereocenters. The molecule has 170 valence electrons. The first-order valence-corrected chi connectivity index (χ1v) is 13.9. The van der Waals surface area contributed by atoms with Crippen molar-refractivity contribution >= 4 is 47.5 Å². The number of H-pyrrole nitrogens is 1. The van der Waals surface area contributed by atoms with Gasteiger partial charge in [0.25, 0.3) is 5.56 Å². The Morgan fingerprint density at radius 1 is 1.19 bits per heavy atom. The molecule has 1 aliphatic carbocycles. The summed E-state index contributed by atoms with van der Waals surface area (Å²) in [6, 6.07) is 6.73. The highest BCUT2D eigenvalue weighted by Crippen LogP contribution is 2.35. The van der Waals surface area contributed by atoms with Gasteiger partial charge < -0.3 is 4.98 Å². The predicted octanol–water partition coefficient (Wildman–Crippen LogP) is 3.38. The van der Waals surface area contributed by atoms with E-state index in [0.29, 0.717) is 49.4 Å². The molecule has 2 aliphatic rings. The van der Waals surface area contributed by atoms with E-state index in [9.17, 15) is 13.2 Å². The van der Waals surface area contributed by atoms with E-state index in [4.69, 9.17) is 4.98 Å². The first kappa shape index (κ1) is 22.2. The van der Waals surface area contributed by atoms with Crippen LogP contribution in [0.2, 0.25) is 0 Å². The van der Waals surface area contributed by atoms with Crippen molar-refractivity contribution in [3.8, 4) is 0 Å². The molecule has 0 spiro atoms. The van der Waals surface area contributed by atoms with Crippen LogP contribution >= 0.6 is 27.3 Å². The lowest BCUT2D eigenvalue weighted by atomic mass is 9.89. The zero-order valence-electron chi connectivity index (χ0n) is 17.8. The molecule has 1 aliphatic heterocycles. The number of nitrogens with zero attached hydrogens (tertiary/aromatic N) is 3. The van der Waals surface area contributed by atoms with E-state index in [1.54, 1.807) is 35.6 Å². The lowest BCUT2D eigenvalue weighted by Gasteiger charge is -2.33. The molecule has 32 heavy (non-hydrogen) atoms. The molecule has 1 fully saturated rings. The zero-order chi connectivity index (χ0) is 22.5. The fraction of sp³-hybridized carbons (Fsp3) is 0.455. The fourth-order valence-corrected chi connectivity index (χ4v) is 7.65. The average Bonchev–Trinajstić information content (AvgIpc) is 3.12. The molecular formula is C22H25BrN4O3S2. The van der Waals surface area contributed by atoms with Crippen LogP contribution in [-0.4, -0.2) is 53.8 Å². The van der Waals surface area contributed by atoms with E-state index in [1.165, 1.54) is 14.7 Å². The minimum atomic E-state index is -3.50. The van der Waals surface area contributed by atoms with Crippen molar-refractivity contribution in [2.24, 2.45) is 5.92 Å². The Kier molecular flexibility index (Phi) is 6.00. The molecule has 1 N–H and O–H groups in total. The first-order chi connectivity index (χ1) is 15.3. The zero-order valence-corrected chi connectivity index (χ0v) is 21.0. The van der Waals surface area contributed by atoms with Crippen LogP contribution in [0.3, 0.4) is 0 Å². The Hall–Kier alpha value is -1.59. The van der Waals surface area contributed by atoms with Crippen molar-refractivity contribution in [2.75, 3.05) is 26.2 Å². The number of hydrogen-bond acceptors (Lipinski definition) is 6. The van der Waals surface area contributed by atoms with E-state index in [2.05, 4.69) is 32.7 Å². The maximum Gasteiger partial charge on any atom is 0.259 e. The SMILES string of the molecule is CC1CCc2c(sc3nc(CN4CCN(S(=O)(=O)c5ccc(Br)cc5)CC4)[nH]c(=O)c23)C1. The number of aromatic amines is 1. The maximum absolute atomic E-state index is 12.9. The minimum absolute atomic E-state index is 0.0477. The van der Waals surface area contributed by atoms with Gasteiger partial charge in [-0.05, 0) is 55.0 Å². The molecular weight excluding hydrogens is 512 g/mol. The van der Waals surface area contributed by atoms with Gasteiger partial charge in [-0.1, -0.05) is 22.9 Å². The predicted molar refractivity (Wildman–Crippen MR) is 130 cm³/mol. The molecule has 0 amide bonds. The van der Waals surface area contributed by atoms with Gasteiger partial charge in [0.1, 0.15) is 10.7 Å². The monoisotopic (exact) mass is 536 g/mol. The van der Waals surface area contributed by atoms with Gasteiger partial charge in [-0.2, -0.15) is 4.31 Å². The Morgan fingerprint density at radius 2 is 1.91 bits per heavy atom. The first-order valence-electron chi connectivity index (χ1n) is 10.8. The summed E-state index contributed by atoms with van der Waals surface area (Å²) in [5.41, 5.74) is 1.14. The van der Waals surface area contributed by atoms with Gasteiger partial charge in [-0.15, -0.1) is 11.3 Å². The largest absolute Gasteiger partial charge is 0.309 e. The van der Waals surface area contributed by atoms with Crippen LogP contribution in [0.4, 0.5) is 0 Å². The van der Waals surface area contributed by atoms with Crippen molar-refractivity contribution in [3.05, 3.63) is 55.4 Å². The molecule has 7 nitrogen and oxygen atoms in total. The van der Waals surface area contributed by atoms with Gasteiger partial charge in [0.05, 0.1) is 16.8 Å². The second kappa shape index (κ2) is 8.64. The summed E-state index contributed by atoms with van der Waals surface area (Å²) >= 11 is 5.00. The van der Waals surface area contributed by atoms with E-state index < -0.39 is 10.0 Å². The summed E-state index contributed by atoms with van der Waals surface area (Å²) < 4.78 is 28.2. The molecule has 10 heteroatoms. The standard InChI is InChI=1S/C22H25BrN4O3S2/c1-14-2-7-17-18(12-14)31-22-20(17)21(28)24-19(25-22)13-26-8-10-27(11-9-26)32(29,30)16-5-3-15(23)4-6-16/h3-6,14H,2,7-13H2,1H3,(H,24,25,28). The Morgan fingerprint density at radius 3 is 2.62 bits per heavy atom. The van der Waals surface area contributed by atoms with Gasteiger partial charge in [0.15, 0.2) is 0 Å². The molecule has 1 saturated heterocycles. The van der Waals surface area contributed by atoms with E-state index in [0.717, 1.165) is 34.0 Å². The van der Waals surface area contributed by atoms with Crippen LogP contribution in [-0.2, 0) is 29.4 Å². The number of aromatic nitrogens is 2. The number of halogens is 1. The fourth-order valence-electron chi connectivity index (χ4n) is 4.56. The van der Waals surface area contributed by atoms with Crippen molar-refractivity contribution in [3.63, 3.8) is 0 Å². The molecule has 0 saturated carbocycles. The Bertz CT molecular complexity index is 1310.